The molecule has 0 aliphatic rings. The van der Waals surface area contributed by atoms with Crippen molar-refractivity contribution in [3.8, 4) is 0 Å². The Morgan fingerprint density at radius 1 is 1.11 bits per heavy atom. The lowest BCUT2D eigenvalue weighted by Crippen LogP contribution is -2.06. The van der Waals surface area contributed by atoms with Crippen LogP contribution in [0.2, 0.25) is 5.02 Å². The van der Waals surface area contributed by atoms with Crippen LogP contribution < -0.4 is 0 Å². The van der Waals surface area contributed by atoms with Crippen LogP contribution in [0.25, 0.3) is 0 Å². The lowest BCUT2D eigenvalue weighted by Gasteiger charge is -2.15. The van der Waals surface area contributed by atoms with Crippen LogP contribution >= 0.6 is 27.5 Å². The number of rotatable bonds is 2. The minimum atomic E-state index is -1.45. The molecule has 2 aromatic rings. The second-order valence-corrected chi connectivity index (χ2v) is 5.03. The maximum atomic E-state index is 13.6. The first kappa shape index (κ1) is 13.5. The minimum Gasteiger partial charge on any atom is -0.383 e. The fourth-order valence-electron chi connectivity index (χ4n) is 1.65. The van der Waals surface area contributed by atoms with Crippen molar-refractivity contribution in [3.63, 3.8) is 0 Å². The standard InChI is InChI=1S/C13H8BrClF2O/c14-7-4-5-10(16)8(6-7)13(18)12-9(15)2-1-3-11(12)17/h1-6,13,18H. The molecular weight excluding hydrogens is 325 g/mol. The highest BCUT2D eigenvalue weighted by Crippen LogP contribution is 2.32. The van der Waals surface area contributed by atoms with Gasteiger partial charge < -0.3 is 5.11 Å². The van der Waals surface area contributed by atoms with E-state index in [9.17, 15) is 13.9 Å². The van der Waals surface area contributed by atoms with Gasteiger partial charge in [0.25, 0.3) is 0 Å². The highest BCUT2D eigenvalue weighted by molar-refractivity contribution is 9.10. The van der Waals surface area contributed by atoms with Gasteiger partial charge in [-0.05, 0) is 30.3 Å². The van der Waals surface area contributed by atoms with Crippen molar-refractivity contribution in [3.05, 3.63) is 68.7 Å². The molecule has 0 bridgehead atoms. The van der Waals surface area contributed by atoms with Gasteiger partial charge in [-0.25, -0.2) is 8.78 Å². The average molecular weight is 334 g/mol. The van der Waals surface area contributed by atoms with Gasteiger partial charge in [0.05, 0.1) is 0 Å². The summed E-state index contributed by atoms with van der Waals surface area (Å²) in [6, 6.07) is 8.11. The topological polar surface area (TPSA) is 20.2 Å². The molecule has 0 aliphatic heterocycles. The maximum absolute atomic E-state index is 13.6. The quantitative estimate of drug-likeness (QED) is 0.860. The van der Waals surface area contributed by atoms with Crippen molar-refractivity contribution in [2.75, 3.05) is 0 Å². The minimum absolute atomic E-state index is 0.0311. The van der Waals surface area contributed by atoms with Crippen LogP contribution in [0.15, 0.2) is 40.9 Å². The summed E-state index contributed by atoms with van der Waals surface area (Å²) in [6.07, 6.45) is -1.45. The molecule has 0 aromatic heterocycles. The van der Waals surface area contributed by atoms with Gasteiger partial charge in [-0.2, -0.15) is 0 Å². The third-order valence-electron chi connectivity index (χ3n) is 2.53. The molecule has 0 aliphatic carbocycles. The second kappa shape index (κ2) is 5.34. The summed E-state index contributed by atoms with van der Waals surface area (Å²) >= 11 is 9.00. The van der Waals surface area contributed by atoms with Crippen molar-refractivity contribution >= 4 is 27.5 Å². The van der Waals surface area contributed by atoms with Gasteiger partial charge in [-0.3, -0.25) is 0 Å². The summed E-state index contributed by atoms with van der Waals surface area (Å²) < 4.78 is 27.9. The molecule has 1 atom stereocenters. The maximum Gasteiger partial charge on any atom is 0.130 e. The summed E-state index contributed by atoms with van der Waals surface area (Å²) in [5, 5.41) is 10.1. The Labute approximate surface area is 116 Å². The third kappa shape index (κ3) is 2.55. The number of halogens is 4. The van der Waals surface area contributed by atoms with Crippen molar-refractivity contribution in [2.24, 2.45) is 0 Å². The molecule has 0 radical (unpaired) electrons. The molecule has 2 aromatic carbocycles. The molecule has 0 saturated carbocycles. The average Bonchev–Trinajstić information content (AvgIpc) is 2.32. The fraction of sp³-hybridized carbons (Fsp3) is 0.0769. The van der Waals surface area contributed by atoms with Crippen molar-refractivity contribution in [1.82, 2.24) is 0 Å². The summed E-state index contributed by atoms with van der Waals surface area (Å²) in [6.45, 7) is 0. The molecule has 0 spiro atoms. The van der Waals surface area contributed by atoms with Gasteiger partial charge >= 0.3 is 0 Å². The Morgan fingerprint density at radius 2 is 1.83 bits per heavy atom. The van der Waals surface area contributed by atoms with E-state index in [1.807, 2.05) is 0 Å². The van der Waals surface area contributed by atoms with Gasteiger partial charge in [-0.1, -0.05) is 33.6 Å². The van der Waals surface area contributed by atoms with Gasteiger partial charge in [0.15, 0.2) is 0 Å². The smallest absolute Gasteiger partial charge is 0.130 e. The first-order chi connectivity index (χ1) is 8.50. The van der Waals surface area contributed by atoms with E-state index in [1.54, 1.807) is 0 Å². The predicted molar refractivity (Wildman–Crippen MR) is 69.6 cm³/mol. The van der Waals surface area contributed by atoms with E-state index >= 15 is 0 Å². The molecule has 0 saturated heterocycles. The Balaban J connectivity index is 2.54. The summed E-state index contributed by atoms with van der Waals surface area (Å²) in [4.78, 5) is 0. The van der Waals surface area contributed by atoms with Gasteiger partial charge in [0, 0.05) is 20.6 Å². The number of benzene rings is 2. The first-order valence-electron chi connectivity index (χ1n) is 5.07. The number of aliphatic hydroxyl groups is 1. The van der Waals surface area contributed by atoms with Crippen LogP contribution in [-0.2, 0) is 0 Å². The lowest BCUT2D eigenvalue weighted by atomic mass is 10.0. The van der Waals surface area contributed by atoms with E-state index < -0.39 is 17.7 Å². The van der Waals surface area contributed by atoms with Crippen molar-refractivity contribution in [1.29, 1.82) is 0 Å². The molecule has 5 heteroatoms. The summed E-state index contributed by atoms with van der Waals surface area (Å²) in [7, 11) is 0. The highest BCUT2D eigenvalue weighted by atomic mass is 79.9. The zero-order valence-electron chi connectivity index (χ0n) is 9.00. The van der Waals surface area contributed by atoms with Gasteiger partial charge in [0.1, 0.15) is 17.7 Å². The molecular formula is C13H8BrClF2O. The SMILES string of the molecule is OC(c1cc(Br)ccc1F)c1c(F)cccc1Cl. The lowest BCUT2D eigenvalue weighted by molar-refractivity contribution is 0.210. The van der Waals surface area contributed by atoms with Crippen molar-refractivity contribution in [2.45, 2.75) is 6.10 Å². The van der Waals surface area contributed by atoms with Crippen LogP contribution in [0, 0.1) is 11.6 Å². The highest BCUT2D eigenvalue weighted by Gasteiger charge is 2.21. The molecule has 0 amide bonds. The molecule has 94 valence electrons. The van der Waals surface area contributed by atoms with Crippen LogP contribution in [0.3, 0.4) is 0 Å². The van der Waals surface area contributed by atoms with Gasteiger partial charge in [0.2, 0.25) is 0 Å². The third-order valence-corrected chi connectivity index (χ3v) is 3.35. The Bertz CT molecular complexity index is 569. The van der Waals surface area contributed by atoms with E-state index in [0.29, 0.717) is 4.47 Å². The zero-order chi connectivity index (χ0) is 13.3. The van der Waals surface area contributed by atoms with Crippen molar-refractivity contribution < 1.29 is 13.9 Å². The van der Waals surface area contributed by atoms with Crippen LogP contribution in [0.4, 0.5) is 8.78 Å². The molecule has 1 unspecified atom stereocenters. The Morgan fingerprint density at radius 3 is 2.50 bits per heavy atom. The molecule has 0 heterocycles. The Kier molecular flexibility index (Phi) is 4.00. The molecule has 0 fully saturated rings. The summed E-state index contributed by atoms with van der Waals surface area (Å²) in [5.74, 6) is -1.29. The molecule has 1 nitrogen and oxygen atoms in total. The number of aliphatic hydroxyl groups excluding tert-OH is 1. The molecule has 1 N–H and O–H groups in total. The molecule has 18 heavy (non-hydrogen) atoms. The first-order valence-corrected chi connectivity index (χ1v) is 6.24. The fourth-order valence-corrected chi connectivity index (χ4v) is 2.30. The zero-order valence-corrected chi connectivity index (χ0v) is 11.3. The predicted octanol–water partition coefficient (Wildman–Crippen LogP) is 4.46. The molecule has 2 rings (SSSR count). The monoisotopic (exact) mass is 332 g/mol. The van der Waals surface area contributed by atoms with E-state index in [4.69, 9.17) is 11.6 Å². The van der Waals surface area contributed by atoms with E-state index in [0.717, 1.165) is 0 Å². The van der Waals surface area contributed by atoms with Gasteiger partial charge in [-0.15, -0.1) is 0 Å². The summed E-state index contributed by atoms with van der Waals surface area (Å²) in [5.41, 5.74) is -0.160. The van der Waals surface area contributed by atoms with Crippen LogP contribution in [0.1, 0.15) is 17.2 Å². The van der Waals surface area contributed by atoms with E-state index in [1.165, 1.54) is 36.4 Å². The number of hydrogen-bond donors (Lipinski definition) is 1. The largest absolute Gasteiger partial charge is 0.383 e. The van der Waals surface area contributed by atoms with Crippen LogP contribution in [-0.4, -0.2) is 5.11 Å². The second-order valence-electron chi connectivity index (χ2n) is 3.70. The van der Waals surface area contributed by atoms with E-state index in [2.05, 4.69) is 15.9 Å². The van der Waals surface area contributed by atoms with Crippen LogP contribution in [0.5, 0.6) is 0 Å². The number of hydrogen-bond acceptors (Lipinski definition) is 1. The normalized spacial score (nSPS) is 12.5. The Hall–Kier alpha value is -0.970. The van der Waals surface area contributed by atoms with E-state index in [-0.39, 0.29) is 16.1 Å².